The second-order valence-electron chi connectivity index (χ2n) is 5.79. The second kappa shape index (κ2) is 4.23. The first-order valence-electron chi connectivity index (χ1n) is 6.78. The number of carbonyl (C=O) groups excluding carboxylic acids is 2. The Labute approximate surface area is 112 Å². The summed E-state index contributed by atoms with van der Waals surface area (Å²) in [7, 11) is 0. The third-order valence-electron chi connectivity index (χ3n) is 4.54. The number of hydrogen-bond acceptors (Lipinski definition) is 4. The minimum atomic E-state index is -0.618. The highest BCUT2D eigenvalue weighted by atomic mass is 16.1. The van der Waals surface area contributed by atoms with Gasteiger partial charge in [-0.3, -0.25) is 14.6 Å². The van der Waals surface area contributed by atoms with Gasteiger partial charge in [-0.05, 0) is 44.7 Å². The number of piperidine rings is 1. The van der Waals surface area contributed by atoms with Gasteiger partial charge in [-0.15, -0.1) is 0 Å². The van der Waals surface area contributed by atoms with Gasteiger partial charge < -0.3 is 5.32 Å². The molecule has 1 N–H and O–H groups in total. The van der Waals surface area contributed by atoms with Crippen LogP contribution in [0.1, 0.15) is 42.2 Å². The molecule has 0 spiro atoms. The van der Waals surface area contributed by atoms with Crippen molar-refractivity contribution in [1.29, 1.82) is 0 Å². The fourth-order valence-electron chi connectivity index (χ4n) is 3.40. The number of aryl methyl sites for hydroxylation is 1. The Hall–Kier alpha value is -1.55. The van der Waals surface area contributed by atoms with Crippen molar-refractivity contribution in [3.8, 4) is 0 Å². The monoisotopic (exact) mass is 258 g/mol. The Morgan fingerprint density at radius 1 is 1.37 bits per heavy atom. The lowest BCUT2D eigenvalue weighted by atomic mass is 9.60. The average Bonchev–Trinajstić information content (AvgIpc) is 2.37. The highest BCUT2D eigenvalue weighted by molar-refractivity contribution is 6.03. The number of nitrogens with one attached hydrogen (secondary N) is 1. The first kappa shape index (κ1) is 12.5. The van der Waals surface area contributed by atoms with Crippen molar-refractivity contribution in [3.63, 3.8) is 0 Å². The van der Waals surface area contributed by atoms with Crippen molar-refractivity contribution in [1.82, 2.24) is 10.3 Å². The van der Waals surface area contributed by atoms with Gasteiger partial charge in [0.1, 0.15) is 5.69 Å². The van der Waals surface area contributed by atoms with Gasteiger partial charge in [-0.25, -0.2) is 0 Å². The first-order valence-corrected chi connectivity index (χ1v) is 6.78. The predicted octanol–water partition coefficient (Wildman–Crippen LogP) is 1.67. The van der Waals surface area contributed by atoms with Crippen LogP contribution in [0, 0.1) is 12.8 Å². The summed E-state index contributed by atoms with van der Waals surface area (Å²) < 4.78 is 0. The molecule has 100 valence electrons. The van der Waals surface area contributed by atoms with Crippen LogP contribution < -0.4 is 5.32 Å². The maximum absolute atomic E-state index is 12.6. The van der Waals surface area contributed by atoms with Crippen LogP contribution in [-0.4, -0.2) is 28.1 Å². The molecule has 3 unspecified atom stereocenters. The molecule has 2 aliphatic heterocycles. The number of rotatable bonds is 3. The fourth-order valence-corrected chi connectivity index (χ4v) is 3.40. The molecule has 3 heterocycles. The predicted molar refractivity (Wildman–Crippen MR) is 71.0 cm³/mol. The lowest BCUT2D eigenvalue weighted by molar-refractivity contribution is -0.133. The van der Waals surface area contributed by atoms with Crippen LogP contribution >= 0.6 is 0 Å². The molecular weight excluding hydrogens is 240 g/mol. The molecular formula is C15H18N2O2. The number of aromatic nitrogens is 1. The van der Waals surface area contributed by atoms with E-state index < -0.39 is 5.54 Å². The molecule has 1 aromatic heterocycles. The molecule has 19 heavy (non-hydrogen) atoms. The maximum Gasteiger partial charge on any atom is 0.186 e. The van der Waals surface area contributed by atoms with E-state index in [4.69, 9.17) is 0 Å². The smallest absolute Gasteiger partial charge is 0.186 e. The SMILES string of the molecule is CC(=O)C12CC(CCC1C(=O)c1ccc(C)cn1)N2. The summed E-state index contributed by atoms with van der Waals surface area (Å²) in [5.74, 6) is -0.181. The molecule has 3 atom stereocenters. The summed E-state index contributed by atoms with van der Waals surface area (Å²) in [5, 5.41) is 3.31. The zero-order valence-electron chi connectivity index (χ0n) is 11.3. The van der Waals surface area contributed by atoms with E-state index in [1.54, 1.807) is 19.2 Å². The van der Waals surface area contributed by atoms with Crippen LogP contribution in [0.3, 0.4) is 0 Å². The Bertz CT molecular complexity index is 530. The first-order chi connectivity index (χ1) is 9.03. The van der Waals surface area contributed by atoms with E-state index in [9.17, 15) is 9.59 Å². The van der Waals surface area contributed by atoms with Crippen LogP contribution in [-0.2, 0) is 4.79 Å². The van der Waals surface area contributed by atoms with Gasteiger partial charge in [0.25, 0.3) is 0 Å². The summed E-state index contributed by atoms with van der Waals surface area (Å²) in [4.78, 5) is 28.7. The van der Waals surface area contributed by atoms with Gasteiger partial charge in [0.05, 0.1) is 5.54 Å². The minimum Gasteiger partial charge on any atom is -0.301 e. The van der Waals surface area contributed by atoms with Crippen molar-refractivity contribution in [2.75, 3.05) is 0 Å². The molecule has 0 aromatic carbocycles. The zero-order valence-corrected chi connectivity index (χ0v) is 11.3. The highest BCUT2D eigenvalue weighted by Gasteiger charge is 2.58. The minimum absolute atomic E-state index is 0.000787. The number of ketones is 2. The Balaban J connectivity index is 1.90. The quantitative estimate of drug-likeness (QED) is 0.838. The van der Waals surface area contributed by atoms with Crippen LogP contribution in [0.4, 0.5) is 0 Å². The molecule has 1 aromatic rings. The summed E-state index contributed by atoms with van der Waals surface area (Å²) in [5.41, 5.74) is 0.888. The molecule has 3 aliphatic rings. The van der Waals surface area contributed by atoms with Gasteiger partial charge in [0, 0.05) is 18.2 Å². The number of carbonyl (C=O) groups is 2. The maximum atomic E-state index is 12.6. The molecule has 2 bridgehead atoms. The van der Waals surface area contributed by atoms with Crippen molar-refractivity contribution in [2.45, 2.75) is 44.7 Å². The van der Waals surface area contributed by atoms with Gasteiger partial charge in [0.2, 0.25) is 0 Å². The third-order valence-corrected chi connectivity index (χ3v) is 4.54. The average molecular weight is 258 g/mol. The lowest BCUT2D eigenvalue weighted by Crippen LogP contribution is -2.75. The van der Waals surface area contributed by atoms with E-state index in [1.807, 2.05) is 13.0 Å². The van der Waals surface area contributed by atoms with E-state index in [0.717, 1.165) is 24.8 Å². The number of nitrogens with zero attached hydrogens (tertiary/aromatic N) is 1. The Morgan fingerprint density at radius 3 is 2.68 bits per heavy atom. The van der Waals surface area contributed by atoms with Crippen molar-refractivity contribution < 1.29 is 9.59 Å². The van der Waals surface area contributed by atoms with Crippen LogP contribution in [0.25, 0.3) is 0 Å². The van der Waals surface area contributed by atoms with E-state index in [1.165, 1.54) is 0 Å². The Kier molecular flexibility index (Phi) is 2.78. The fraction of sp³-hybridized carbons (Fsp3) is 0.533. The molecule has 0 radical (unpaired) electrons. The molecule has 1 saturated carbocycles. The molecule has 4 nitrogen and oxygen atoms in total. The summed E-state index contributed by atoms with van der Waals surface area (Å²) >= 11 is 0. The van der Waals surface area contributed by atoms with Gasteiger partial charge in [-0.1, -0.05) is 6.07 Å². The summed E-state index contributed by atoms with van der Waals surface area (Å²) in [6.45, 7) is 3.52. The number of pyridine rings is 1. The van der Waals surface area contributed by atoms with E-state index in [-0.39, 0.29) is 17.5 Å². The number of hydrogen-bond donors (Lipinski definition) is 1. The van der Waals surface area contributed by atoms with Crippen molar-refractivity contribution >= 4 is 11.6 Å². The molecule has 4 heteroatoms. The topological polar surface area (TPSA) is 59.1 Å². The van der Waals surface area contributed by atoms with E-state index >= 15 is 0 Å². The number of fused-ring (bicyclic) bond motifs is 2. The summed E-state index contributed by atoms with van der Waals surface area (Å²) in [6, 6.07) is 4.07. The third kappa shape index (κ3) is 1.82. The highest BCUT2D eigenvalue weighted by Crippen LogP contribution is 2.44. The Morgan fingerprint density at radius 2 is 2.11 bits per heavy atom. The van der Waals surface area contributed by atoms with Crippen LogP contribution in [0.2, 0.25) is 0 Å². The normalized spacial score (nSPS) is 32.5. The molecule has 2 saturated heterocycles. The second-order valence-corrected chi connectivity index (χ2v) is 5.79. The van der Waals surface area contributed by atoms with Gasteiger partial charge >= 0.3 is 0 Å². The van der Waals surface area contributed by atoms with Crippen LogP contribution in [0.5, 0.6) is 0 Å². The molecule has 3 fully saturated rings. The summed E-state index contributed by atoms with van der Waals surface area (Å²) in [6.07, 6.45) is 4.25. The molecule has 0 amide bonds. The van der Waals surface area contributed by atoms with Gasteiger partial charge in [0.15, 0.2) is 11.6 Å². The number of Topliss-reactive ketones (excluding diaryl/α,β-unsaturated/α-hetero) is 2. The van der Waals surface area contributed by atoms with Gasteiger partial charge in [-0.2, -0.15) is 0 Å². The van der Waals surface area contributed by atoms with E-state index in [0.29, 0.717) is 11.7 Å². The molecule has 4 rings (SSSR count). The lowest BCUT2D eigenvalue weighted by Gasteiger charge is -2.56. The zero-order chi connectivity index (χ0) is 13.6. The standard InChI is InChI=1S/C15H18N2O2/c1-9-3-6-13(16-8-9)14(19)12-5-4-11-7-15(12,17-11)10(2)18/h3,6,8,11-12,17H,4-5,7H2,1-2H3. The van der Waals surface area contributed by atoms with Crippen molar-refractivity contribution in [2.24, 2.45) is 5.92 Å². The van der Waals surface area contributed by atoms with Crippen LogP contribution in [0.15, 0.2) is 18.3 Å². The molecule has 1 aliphatic carbocycles. The van der Waals surface area contributed by atoms with E-state index in [2.05, 4.69) is 10.3 Å². The van der Waals surface area contributed by atoms with Crippen molar-refractivity contribution in [3.05, 3.63) is 29.6 Å². The largest absolute Gasteiger partial charge is 0.301 e.